The van der Waals surface area contributed by atoms with Gasteiger partial charge in [-0.1, -0.05) is 41.6 Å². The number of rotatable bonds is 6. The van der Waals surface area contributed by atoms with Crippen LogP contribution in [0.15, 0.2) is 29.3 Å². The largest absolute Gasteiger partial charge is 0.488 e. The molecule has 0 amide bonds. The van der Waals surface area contributed by atoms with E-state index >= 15 is 0 Å². The van der Waals surface area contributed by atoms with Crippen molar-refractivity contribution in [3.8, 4) is 5.75 Å². The fourth-order valence-electron chi connectivity index (χ4n) is 2.44. The fourth-order valence-corrected chi connectivity index (χ4v) is 2.56. The molecule has 1 N–H and O–H groups in total. The highest BCUT2D eigenvalue weighted by molar-refractivity contribution is 9.11. The molecule has 0 aromatic heterocycles. The topological polar surface area (TPSA) is 21.3 Å². The maximum absolute atomic E-state index is 5.79. The molecule has 1 aliphatic rings. The molecule has 1 aromatic rings. The summed E-state index contributed by atoms with van der Waals surface area (Å²) in [4.78, 5) is 0. The average Bonchev–Trinajstić information content (AvgIpc) is 2.77. The van der Waals surface area contributed by atoms with E-state index in [1.54, 1.807) is 0 Å². The molecule has 0 aliphatic heterocycles. The van der Waals surface area contributed by atoms with Gasteiger partial charge in [0.25, 0.3) is 0 Å². The lowest BCUT2D eigenvalue weighted by Gasteiger charge is -2.14. The predicted molar refractivity (Wildman–Crippen MR) is 79.4 cm³/mol. The maximum atomic E-state index is 5.79. The second kappa shape index (κ2) is 6.39. The first-order valence-electron chi connectivity index (χ1n) is 6.53. The van der Waals surface area contributed by atoms with E-state index in [1.165, 1.54) is 24.0 Å². The molecular formula is C15H20BrNO. The van der Waals surface area contributed by atoms with Crippen molar-refractivity contribution < 1.29 is 4.74 Å². The summed E-state index contributed by atoms with van der Waals surface area (Å²) in [5.74, 6) is 1.01. The van der Waals surface area contributed by atoms with E-state index < -0.39 is 0 Å². The van der Waals surface area contributed by atoms with Gasteiger partial charge in [-0.15, -0.1) is 0 Å². The average molecular weight is 310 g/mol. The van der Waals surface area contributed by atoms with Gasteiger partial charge in [-0.05, 0) is 43.0 Å². The minimum Gasteiger partial charge on any atom is -0.488 e. The van der Waals surface area contributed by atoms with Gasteiger partial charge in [0.1, 0.15) is 12.4 Å². The van der Waals surface area contributed by atoms with E-state index in [4.69, 9.17) is 4.74 Å². The summed E-state index contributed by atoms with van der Waals surface area (Å²) in [7, 11) is 0. The van der Waals surface area contributed by atoms with Crippen molar-refractivity contribution in [2.45, 2.75) is 32.2 Å². The Bertz CT molecular complexity index is 431. The quantitative estimate of drug-likeness (QED) is 0.859. The van der Waals surface area contributed by atoms with Gasteiger partial charge in [-0.25, -0.2) is 0 Å². The molecule has 0 saturated heterocycles. The first-order valence-corrected chi connectivity index (χ1v) is 7.33. The van der Waals surface area contributed by atoms with Crippen molar-refractivity contribution in [2.24, 2.45) is 0 Å². The number of benzene rings is 1. The zero-order chi connectivity index (χ0) is 13.0. The van der Waals surface area contributed by atoms with Gasteiger partial charge in [0.2, 0.25) is 0 Å². The third-order valence-corrected chi connectivity index (χ3v) is 3.48. The van der Waals surface area contributed by atoms with E-state index in [2.05, 4.69) is 52.9 Å². The molecule has 98 valence electrons. The van der Waals surface area contributed by atoms with Crippen LogP contribution >= 0.6 is 15.9 Å². The highest BCUT2D eigenvalue weighted by Crippen LogP contribution is 2.37. The van der Waals surface area contributed by atoms with Crippen LogP contribution in [0.3, 0.4) is 0 Å². The maximum Gasteiger partial charge on any atom is 0.123 e. The van der Waals surface area contributed by atoms with Crippen molar-refractivity contribution in [1.82, 2.24) is 5.32 Å². The number of hydrogen-bond acceptors (Lipinski definition) is 2. The van der Waals surface area contributed by atoms with Crippen LogP contribution in [0.4, 0.5) is 0 Å². The van der Waals surface area contributed by atoms with Gasteiger partial charge in [0.05, 0.1) is 0 Å². The molecule has 0 radical (unpaired) electrons. The van der Waals surface area contributed by atoms with Crippen LogP contribution < -0.4 is 10.1 Å². The summed E-state index contributed by atoms with van der Waals surface area (Å²) in [6.45, 7) is 7.60. The van der Waals surface area contributed by atoms with Crippen LogP contribution in [0.25, 0.3) is 0 Å². The van der Waals surface area contributed by atoms with Gasteiger partial charge in [0, 0.05) is 10.5 Å². The van der Waals surface area contributed by atoms with E-state index in [1.807, 2.05) is 0 Å². The molecule has 18 heavy (non-hydrogen) atoms. The normalized spacial score (nSPS) is 17.6. The van der Waals surface area contributed by atoms with E-state index in [9.17, 15) is 0 Å². The van der Waals surface area contributed by atoms with Gasteiger partial charge in [0.15, 0.2) is 0 Å². The van der Waals surface area contributed by atoms with Gasteiger partial charge in [-0.2, -0.15) is 0 Å². The molecule has 0 heterocycles. The van der Waals surface area contributed by atoms with Crippen LogP contribution in [0.2, 0.25) is 0 Å². The Morgan fingerprint density at radius 1 is 1.56 bits per heavy atom. The van der Waals surface area contributed by atoms with E-state index in [0.717, 1.165) is 23.2 Å². The standard InChI is InChI=1S/C15H20BrNO/c1-3-9-17-14-8-7-13-12(14)5-4-6-15(13)18-10-11(2)16/h4-6,14,17H,2-3,7-10H2,1H3. The zero-order valence-corrected chi connectivity index (χ0v) is 12.4. The van der Waals surface area contributed by atoms with Crippen molar-refractivity contribution >= 4 is 15.9 Å². The van der Waals surface area contributed by atoms with Crippen LogP contribution in [0, 0.1) is 0 Å². The molecule has 1 unspecified atom stereocenters. The molecule has 0 fully saturated rings. The van der Waals surface area contributed by atoms with Gasteiger partial charge < -0.3 is 10.1 Å². The predicted octanol–water partition coefficient (Wildman–Crippen LogP) is 3.96. The Balaban J connectivity index is 2.11. The second-order valence-corrected chi connectivity index (χ2v) is 5.80. The Labute approximate surface area is 118 Å². The molecule has 1 atom stereocenters. The summed E-state index contributed by atoms with van der Waals surface area (Å²) >= 11 is 3.33. The van der Waals surface area contributed by atoms with Crippen molar-refractivity contribution in [2.75, 3.05) is 13.2 Å². The summed E-state index contributed by atoms with van der Waals surface area (Å²) in [6.07, 6.45) is 3.44. The van der Waals surface area contributed by atoms with Crippen LogP contribution in [0.5, 0.6) is 5.75 Å². The molecule has 2 rings (SSSR count). The second-order valence-electron chi connectivity index (χ2n) is 4.68. The third kappa shape index (κ3) is 3.15. The first-order chi connectivity index (χ1) is 8.72. The molecule has 0 bridgehead atoms. The Kier molecular flexibility index (Phi) is 4.84. The van der Waals surface area contributed by atoms with Crippen molar-refractivity contribution in [3.63, 3.8) is 0 Å². The summed E-state index contributed by atoms with van der Waals surface area (Å²) < 4.78 is 6.66. The van der Waals surface area contributed by atoms with Crippen LogP contribution in [-0.4, -0.2) is 13.2 Å². The van der Waals surface area contributed by atoms with E-state index in [-0.39, 0.29) is 0 Å². The number of nitrogens with one attached hydrogen (secondary N) is 1. The van der Waals surface area contributed by atoms with E-state index in [0.29, 0.717) is 12.6 Å². The monoisotopic (exact) mass is 309 g/mol. The molecule has 0 spiro atoms. The van der Waals surface area contributed by atoms with Crippen molar-refractivity contribution in [3.05, 3.63) is 40.4 Å². The number of halogens is 1. The molecule has 3 heteroatoms. The number of ether oxygens (including phenoxy) is 1. The van der Waals surface area contributed by atoms with Crippen LogP contribution in [-0.2, 0) is 6.42 Å². The molecule has 2 nitrogen and oxygen atoms in total. The summed E-state index contributed by atoms with van der Waals surface area (Å²) in [6, 6.07) is 6.84. The zero-order valence-electron chi connectivity index (χ0n) is 10.8. The number of fused-ring (bicyclic) bond motifs is 1. The highest BCUT2D eigenvalue weighted by Gasteiger charge is 2.24. The van der Waals surface area contributed by atoms with Gasteiger partial charge in [-0.3, -0.25) is 0 Å². The first kappa shape index (κ1) is 13.6. The fraction of sp³-hybridized carbons (Fsp3) is 0.467. The Morgan fingerprint density at radius 2 is 2.39 bits per heavy atom. The Hall–Kier alpha value is -0.800. The lowest BCUT2D eigenvalue weighted by atomic mass is 10.1. The Morgan fingerprint density at radius 3 is 3.11 bits per heavy atom. The highest BCUT2D eigenvalue weighted by atomic mass is 79.9. The third-order valence-electron chi connectivity index (χ3n) is 3.25. The lowest BCUT2D eigenvalue weighted by Crippen LogP contribution is -2.19. The lowest BCUT2D eigenvalue weighted by molar-refractivity contribution is 0.357. The minimum absolute atomic E-state index is 0.496. The smallest absolute Gasteiger partial charge is 0.123 e. The molecular weight excluding hydrogens is 290 g/mol. The summed E-state index contributed by atoms with van der Waals surface area (Å²) in [5, 5.41) is 3.60. The number of hydrogen-bond donors (Lipinski definition) is 1. The van der Waals surface area contributed by atoms with Crippen molar-refractivity contribution in [1.29, 1.82) is 0 Å². The molecule has 1 aliphatic carbocycles. The van der Waals surface area contributed by atoms with Gasteiger partial charge >= 0.3 is 0 Å². The van der Waals surface area contributed by atoms with Crippen LogP contribution in [0.1, 0.15) is 36.9 Å². The SMILES string of the molecule is C=C(Br)COc1cccc2c1CCC2NCCC. The minimum atomic E-state index is 0.496. The molecule has 0 saturated carbocycles. The molecule has 1 aromatic carbocycles. The summed E-state index contributed by atoms with van der Waals surface area (Å²) in [5.41, 5.74) is 2.76.